The monoisotopic (exact) mass is 348 g/mol. The maximum atomic E-state index is 12.3. The van der Waals surface area contributed by atoms with E-state index in [2.05, 4.69) is 34.7 Å². The maximum Gasteiger partial charge on any atom is 0.276 e. The van der Waals surface area contributed by atoms with Crippen molar-refractivity contribution in [1.29, 1.82) is 0 Å². The molecule has 0 unspecified atom stereocenters. The third-order valence-electron chi connectivity index (χ3n) is 4.03. The molecule has 2 N–H and O–H groups in total. The van der Waals surface area contributed by atoms with Crippen LogP contribution in [0.1, 0.15) is 21.6 Å². The summed E-state index contributed by atoms with van der Waals surface area (Å²) >= 11 is 0. The average Bonchev–Trinajstić information content (AvgIpc) is 2.66. The Morgan fingerprint density at radius 2 is 1.77 bits per heavy atom. The number of rotatable bonds is 5. The third kappa shape index (κ3) is 3.97. The summed E-state index contributed by atoms with van der Waals surface area (Å²) in [6, 6.07) is 16.6. The molecule has 6 nitrogen and oxygen atoms in total. The highest BCUT2D eigenvalue weighted by atomic mass is 16.5. The minimum Gasteiger partial charge on any atom is -0.495 e. The topological polar surface area (TPSA) is 76.1 Å². The first-order valence-corrected chi connectivity index (χ1v) is 8.19. The minimum atomic E-state index is -0.347. The van der Waals surface area contributed by atoms with Crippen LogP contribution in [0.15, 0.2) is 54.6 Å². The van der Waals surface area contributed by atoms with Gasteiger partial charge in [0.25, 0.3) is 5.91 Å². The molecule has 0 spiro atoms. The molecule has 0 aliphatic rings. The lowest BCUT2D eigenvalue weighted by atomic mass is 10.1. The lowest BCUT2D eigenvalue weighted by Gasteiger charge is -2.10. The van der Waals surface area contributed by atoms with Crippen LogP contribution in [0.3, 0.4) is 0 Å². The van der Waals surface area contributed by atoms with Gasteiger partial charge in [-0.3, -0.25) is 4.79 Å². The van der Waals surface area contributed by atoms with E-state index in [1.807, 2.05) is 30.3 Å². The van der Waals surface area contributed by atoms with E-state index >= 15 is 0 Å². The van der Waals surface area contributed by atoms with E-state index in [0.29, 0.717) is 17.3 Å². The number of benzene rings is 2. The van der Waals surface area contributed by atoms with E-state index in [1.165, 1.54) is 11.1 Å². The summed E-state index contributed by atoms with van der Waals surface area (Å²) in [6.07, 6.45) is 0. The number of ether oxygens (including phenoxy) is 1. The highest BCUT2D eigenvalue weighted by Crippen LogP contribution is 2.23. The smallest absolute Gasteiger partial charge is 0.276 e. The second kappa shape index (κ2) is 7.65. The van der Waals surface area contributed by atoms with Crippen molar-refractivity contribution < 1.29 is 9.53 Å². The zero-order valence-electron chi connectivity index (χ0n) is 14.9. The van der Waals surface area contributed by atoms with Crippen LogP contribution in [-0.2, 0) is 0 Å². The number of aryl methyl sites for hydroxylation is 2. The van der Waals surface area contributed by atoms with Gasteiger partial charge in [0.2, 0.25) is 0 Å². The molecule has 0 atom stereocenters. The van der Waals surface area contributed by atoms with Gasteiger partial charge < -0.3 is 15.4 Å². The van der Waals surface area contributed by atoms with Crippen LogP contribution in [0, 0.1) is 13.8 Å². The summed E-state index contributed by atoms with van der Waals surface area (Å²) in [5.74, 6) is 0.809. The number of nitrogens with zero attached hydrogens (tertiary/aromatic N) is 2. The first-order valence-electron chi connectivity index (χ1n) is 8.19. The normalized spacial score (nSPS) is 10.3. The van der Waals surface area contributed by atoms with Gasteiger partial charge >= 0.3 is 0 Å². The zero-order valence-corrected chi connectivity index (χ0v) is 14.9. The molecule has 3 rings (SSSR count). The Balaban J connectivity index is 1.70. The molecule has 0 aliphatic carbocycles. The molecule has 132 valence electrons. The Bertz CT molecular complexity index is 923. The Morgan fingerprint density at radius 1 is 0.962 bits per heavy atom. The molecule has 3 aromatic rings. The Morgan fingerprint density at radius 3 is 2.46 bits per heavy atom. The SMILES string of the molecule is COc1ccccc1NC(=O)c1ccc(Nc2ccc(C)c(C)c2)nn1. The molecule has 0 fully saturated rings. The van der Waals surface area contributed by atoms with E-state index in [-0.39, 0.29) is 11.6 Å². The summed E-state index contributed by atoms with van der Waals surface area (Å²) in [5, 5.41) is 14.0. The molecule has 0 saturated heterocycles. The van der Waals surface area contributed by atoms with E-state index in [0.717, 1.165) is 5.69 Å². The predicted octanol–water partition coefficient (Wildman–Crippen LogP) is 4.10. The number of methoxy groups -OCH3 is 1. The summed E-state index contributed by atoms with van der Waals surface area (Å²) in [7, 11) is 1.55. The molecule has 1 heterocycles. The van der Waals surface area contributed by atoms with Crippen molar-refractivity contribution in [3.63, 3.8) is 0 Å². The molecule has 0 saturated carbocycles. The highest BCUT2D eigenvalue weighted by Gasteiger charge is 2.11. The molecule has 26 heavy (non-hydrogen) atoms. The lowest BCUT2D eigenvalue weighted by Crippen LogP contribution is -2.15. The largest absolute Gasteiger partial charge is 0.495 e. The van der Waals surface area contributed by atoms with Crippen LogP contribution >= 0.6 is 0 Å². The van der Waals surface area contributed by atoms with Crippen LogP contribution in [-0.4, -0.2) is 23.2 Å². The standard InChI is InChI=1S/C20H20N4O2/c1-13-8-9-15(12-14(13)2)21-19-11-10-17(23-24-19)20(25)22-16-6-4-5-7-18(16)26-3/h4-12H,1-3H3,(H,21,24)(H,22,25). The second-order valence-corrected chi connectivity index (χ2v) is 5.88. The number of anilines is 3. The van der Waals surface area contributed by atoms with Crippen molar-refractivity contribution in [2.24, 2.45) is 0 Å². The molecule has 6 heteroatoms. The van der Waals surface area contributed by atoms with Gasteiger partial charge in [-0.2, -0.15) is 0 Å². The van der Waals surface area contributed by atoms with Crippen LogP contribution < -0.4 is 15.4 Å². The fourth-order valence-electron chi connectivity index (χ4n) is 2.42. The van der Waals surface area contributed by atoms with Crippen molar-refractivity contribution in [2.75, 3.05) is 17.7 Å². The van der Waals surface area contributed by atoms with Gasteiger partial charge in [0.1, 0.15) is 5.75 Å². The molecule has 0 bridgehead atoms. The summed E-state index contributed by atoms with van der Waals surface area (Å²) in [5.41, 5.74) is 4.15. The number of amides is 1. The number of carbonyl (C=O) groups excluding carboxylic acids is 1. The van der Waals surface area contributed by atoms with Crippen LogP contribution in [0.25, 0.3) is 0 Å². The lowest BCUT2D eigenvalue weighted by molar-refractivity contribution is 0.102. The fourth-order valence-corrected chi connectivity index (χ4v) is 2.42. The van der Waals surface area contributed by atoms with E-state index < -0.39 is 0 Å². The number of nitrogens with one attached hydrogen (secondary N) is 2. The van der Waals surface area contributed by atoms with Gasteiger partial charge in [-0.05, 0) is 61.4 Å². The van der Waals surface area contributed by atoms with Crippen LogP contribution in [0.2, 0.25) is 0 Å². The highest BCUT2D eigenvalue weighted by molar-refractivity contribution is 6.03. The molecule has 1 aromatic heterocycles. The molecule has 1 amide bonds. The molecular weight excluding hydrogens is 328 g/mol. The molecule has 2 aromatic carbocycles. The quantitative estimate of drug-likeness (QED) is 0.726. The molecule has 0 aliphatic heterocycles. The van der Waals surface area contributed by atoms with Crippen molar-refractivity contribution >= 4 is 23.1 Å². The Kier molecular flexibility index (Phi) is 5.12. The molecular formula is C20H20N4O2. The third-order valence-corrected chi connectivity index (χ3v) is 4.03. The Labute approximate surface area is 152 Å². The number of hydrogen-bond donors (Lipinski definition) is 2. The zero-order chi connectivity index (χ0) is 18.5. The van der Waals surface area contributed by atoms with Crippen molar-refractivity contribution in [3.8, 4) is 5.75 Å². The van der Waals surface area contributed by atoms with Gasteiger partial charge in [0, 0.05) is 5.69 Å². The number of carbonyl (C=O) groups is 1. The van der Waals surface area contributed by atoms with E-state index in [1.54, 1.807) is 31.4 Å². The average molecular weight is 348 g/mol. The van der Waals surface area contributed by atoms with E-state index in [9.17, 15) is 4.79 Å². The van der Waals surface area contributed by atoms with Crippen LogP contribution in [0.5, 0.6) is 5.75 Å². The summed E-state index contributed by atoms with van der Waals surface area (Å²) in [6.45, 7) is 4.12. The number of hydrogen-bond acceptors (Lipinski definition) is 5. The molecule has 0 radical (unpaired) electrons. The first-order chi connectivity index (χ1) is 12.6. The van der Waals surface area contributed by atoms with Crippen molar-refractivity contribution in [2.45, 2.75) is 13.8 Å². The van der Waals surface area contributed by atoms with Gasteiger partial charge in [-0.15, -0.1) is 10.2 Å². The van der Waals surface area contributed by atoms with E-state index in [4.69, 9.17) is 4.74 Å². The maximum absolute atomic E-state index is 12.3. The predicted molar refractivity (Wildman–Crippen MR) is 102 cm³/mol. The fraction of sp³-hybridized carbons (Fsp3) is 0.150. The van der Waals surface area contributed by atoms with Gasteiger partial charge in [-0.1, -0.05) is 18.2 Å². The minimum absolute atomic E-state index is 0.224. The number of para-hydroxylation sites is 2. The van der Waals surface area contributed by atoms with Gasteiger partial charge in [0.05, 0.1) is 12.8 Å². The van der Waals surface area contributed by atoms with Crippen molar-refractivity contribution in [3.05, 3.63) is 71.4 Å². The summed E-state index contributed by atoms with van der Waals surface area (Å²) < 4.78 is 5.22. The Hall–Kier alpha value is -3.41. The van der Waals surface area contributed by atoms with Gasteiger partial charge in [-0.25, -0.2) is 0 Å². The second-order valence-electron chi connectivity index (χ2n) is 5.88. The number of aromatic nitrogens is 2. The van der Waals surface area contributed by atoms with Crippen LogP contribution in [0.4, 0.5) is 17.2 Å². The van der Waals surface area contributed by atoms with Gasteiger partial charge in [0.15, 0.2) is 11.5 Å². The first kappa shape index (κ1) is 17.4. The summed E-state index contributed by atoms with van der Waals surface area (Å²) in [4.78, 5) is 12.3. The van der Waals surface area contributed by atoms with Crippen molar-refractivity contribution in [1.82, 2.24) is 10.2 Å².